The van der Waals surface area contributed by atoms with E-state index in [-0.39, 0.29) is 18.6 Å². The summed E-state index contributed by atoms with van der Waals surface area (Å²) in [4.78, 5) is 16.5. The van der Waals surface area contributed by atoms with Crippen molar-refractivity contribution in [1.82, 2.24) is 19.9 Å². The molecule has 1 radical (unpaired) electrons. The summed E-state index contributed by atoms with van der Waals surface area (Å²) in [7, 11) is 0. The number of nitrogens with zero attached hydrogens (tertiary/aromatic N) is 2. The Morgan fingerprint density at radius 2 is 1.12 bits per heavy atom. The van der Waals surface area contributed by atoms with Crippen molar-refractivity contribution < 1.29 is 18.6 Å². The predicted molar refractivity (Wildman–Crippen MR) is 128 cm³/mol. The molecule has 4 nitrogen and oxygen atoms in total. The van der Waals surface area contributed by atoms with Gasteiger partial charge >= 0.3 is 0 Å². The van der Waals surface area contributed by atoms with E-state index in [1.165, 1.54) is 0 Å². The second-order valence-electron chi connectivity index (χ2n) is 7.60. The molecular weight excluding hydrogens is 455 g/mol. The number of nitrogens with one attached hydrogen (secondary N) is 2. The van der Waals surface area contributed by atoms with Crippen LogP contribution in [-0.2, 0) is 18.6 Å². The van der Waals surface area contributed by atoms with Gasteiger partial charge in [0, 0.05) is 51.2 Å². The summed E-state index contributed by atoms with van der Waals surface area (Å²) in [6.07, 6.45) is 6.15. The van der Waals surface area contributed by atoms with Gasteiger partial charge in [0.15, 0.2) is 0 Å². The number of hydrogen-bond acceptors (Lipinski definition) is 2. The summed E-state index contributed by atoms with van der Waals surface area (Å²) in [6.45, 7) is 0. The van der Waals surface area contributed by atoms with Crippen LogP contribution in [0.15, 0.2) is 72.8 Å². The van der Waals surface area contributed by atoms with Crippen molar-refractivity contribution in [1.29, 1.82) is 0 Å². The summed E-state index contributed by atoms with van der Waals surface area (Å²) in [5.41, 5.74) is 9.75. The molecule has 3 aromatic heterocycles. The van der Waals surface area contributed by atoms with Crippen molar-refractivity contribution in [2.24, 2.45) is 0 Å². The third kappa shape index (κ3) is 4.08. The minimum absolute atomic E-state index is 0. The van der Waals surface area contributed by atoms with Gasteiger partial charge < -0.3 is 9.97 Å². The Labute approximate surface area is 201 Å². The van der Waals surface area contributed by atoms with E-state index in [1.54, 1.807) is 0 Å². The summed E-state index contributed by atoms with van der Waals surface area (Å²) >= 11 is 6.10. The number of aromatic amines is 2. The van der Waals surface area contributed by atoms with Crippen molar-refractivity contribution in [3.63, 3.8) is 0 Å². The second kappa shape index (κ2) is 8.32. The Morgan fingerprint density at radius 1 is 0.594 bits per heavy atom. The molecule has 0 amide bonds. The molecule has 4 aromatic rings. The number of benzene rings is 1. The molecule has 0 saturated carbocycles. The molecule has 2 N–H and O–H groups in total. The molecule has 32 heavy (non-hydrogen) atoms. The monoisotopic (exact) mass is 471 g/mol. The first kappa shape index (κ1) is 20.6. The van der Waals surface area contributed by atoms with Gasteiger partial charge in [-0.1, -0.05) is 23.7 Å². The fourth-order valence-corrected chi connectivity index (χ4v) is 4.00. The van der Waals surface area contributed by atoms with Crippen molar-refractivity contribution in [2.75, 3.05) is 0 Å². The molecule has 0 unspecified atom stereocenters. The maximum absolute atomic E-state index is 6.10. The Morgan fingerprint density at radius 3 is 1.72 bits per heavy atom. The van der Waals surface area contributed by atoms with Crippen LogP contribution in [0.4, 0.5) is 0 Å². The van der Waals surface area contributed by atoms with Gasteiger partial charge in [-0.05, 0) is 84.5 Å². The first-order chi connectivity index (χ1) is 15.2. The average molecular weight is 472 g/mol. The fraction of sp³-hybridized carbons (Fsp3) is 0. The van der Waals surface area contributed by atoms with E-state index in [2.05, 4.69) is 57.4 Å². The molecule has 153 valence electrons. The van der Waals surface area contributed by atoms with Gasteiger partial charge in [0.2, 0.25) is 0 Å². The van der Waals surface area contributed by atoms with Crippen LogP contribution in [-0.4, -0.2) is 19.9 Å². The summed E-state index contributed by atoms with van der Waals surface area (Å²) in [6, 6.07) is 24.3. The van der Waals surface area contributed by atoms with Crippen molar-refractivity contribution >= 4 is 57.5 Å². The molecule has 0 spiro atoms. The minimum Gasteiger partial charge on any atom is -0.355 e. The van der Waals surface area contributed by atoms with Crippen LogP contribution in [0, 0.1) is 0 Å². The zero-order chi connectivity index (χ0) is 20.8. The molecule has 0 atom stereocenters. The van der Waals surface area contributed by atoms with Crippen LogP contribution in [0.25, 0.3) is 45.9 Å². The smallest absolute Gasteiger partial charge is 0.0736 e. The molecule has 6 rings (SSSR count). The van der Waals surface area contributed by atoms with Gasteiger partial charge in [-0.3, -0.25) is 0 Å². The van der Waals surface area contributed by atoms with Crippen LogP contribution in [0.2, 0.25) is 5.02 Å². The summed E-state index contributed by atoms with van der Waals surface area (Å²) in [5, 5.41) is 0.718. The third-order valence-electron chi connectivity index (χ3n) is 5.32. The maximum Gasteiger partial charge on any atom is 0.0736 e. The van der Waals surface area contributed by atoms with Gasteiger partial charge in [-0.15, -0.1) is 0 Å². The van der Waals surface area contributed by atoms with Crippen molar-refractivity contribution in [3.05, 3.63) is 106 Å². The number of H-pyrrole nitrogens is 2. The Kier molecular flexibility index (Phi) is 5.35. The van der Waals surface area contributed by atoms with Gasteiger partial charge in [0.05, 0.1) is 22.8 Å². The largest absolute Gasteiger partial charge is 0.355 e. The molecule has 2 aliphatic rings. The van der Waals surface area contributed by atoms with Gasteiger partial charge in [0.25, 0.3) is 0 Å². The molecule has 1 aromatic carbocycles. The zero-order valence-electron chi connectivity index (χ0n) is 16.9. The van der Waals surface area contributed by atoms with Crippen LogP contribution in [0.1, 0.15) is 28.3 Å². The van der Waals surface area contributed by atoms with Crippen LogP contribution in [0.5, 0.6) is 0 Å². The summed E-state index contributed by atoms with van der Waals surface area (Å²) < 4.78 is 0. The quantitative estimate of drug-likeness (QED) is 0.279. The number of aromatic nitrogens is 4. The Bertz CT molecular complexity index is 1540. The standard InChI is InChI=1S/C26H17ClN4.V/c27-17-3-1-16(2-4-17)25-14-24-13-22-8-7-20(29-22)11-18-5-6-19(28-18)12-21-9-10-23(30-21)15-26(25)31-24;/h1-15,29-30H;. The molecule has 0 aliphatic carbocycles. The zero-order valence-corrected chi connectivity index (χ0v) is 19.0. The molecule has 6 heteroatoms. The van der Waals surface area contributed by atoms with Crippen LogP contribution >= 0.6 is 11.6 Å². The van der Waals surface area contributed by atoms with Gasteiger partial charge in [0.1, 0.15) is 0 Å². The fourth-order valence-electron chi connectivity index (χ4n) is 3.87. The molecule has 0 saturated heterocycles. The Hall–Kier alpha value is -3.31. The van der Waals surface area contributed by atoms with E-state index in [9.17, 15) is 0 Å². The molecular formula is C26H17ClN4V. The van der Waals surface area contributed by atoms with E-state index in [1.807, 2.05) is 48.6 Å². The number of halogens is 1. The first-order valence-electron chi connectivity index (χ1n) is 10.0. The first-order valence-corrected chi connectivity index (χ1v) is 10.4. The van der Waals surface area contributed by atoms with E-state index in [0.717, 1.165) is 61.0 Å². The van der Waals surface area contributed by atoms with Crippen LogP contribution in [0.3, 0.4) is 0 Å². The third-order valence-corrected chi connectivity index (χ3v) is 5.57. The maximum atomic E-state index is 6.10. The topological polar surface area (TPSA) is 57.4 Å². The number of hydrogen-bond donors (Lipinski definition) is 2. The van der Waals surface area contributed by atoms with Crippen molar-refractivity contribution in [3.8, 4) is 0 Å². The van der Waals surface area contributed by atoms with E-state index in [0.29, 0.717) is 0 Å². The van der Waals surface area contributed by atoms with Gasteiger partial charge in [-0.2, -0.15) is 0 Å². The van der Waals surface area contributed by atoms with Gasteiger partial charge in [-0.25, -0.2) is 9.97 Å². The molecule has 2 aliphatic heterocycles. The minimum atomic E-state index is 0. The average Bonchev–Trinajstić information content (AvgIpc) is 3.54. The normalized spacial score (nSPS) is 12.3. The number of rotatable bonds is 1. The molecule has 8 bridgehead atoms. The summed E-state index contributed by atoms with van der Waals surface area (Å²) in [5.74, 6) is 0. The molecule has 0 fully saturated rings. The second-order valence-corrected chi connectivity index (χ2v) is 8.03. The van der Waals surface area contributed by atoms with Crippen molar-refractivity contribution in [2.45, 2.75) is 0 Å². The Balaban J connectivity index is 0.00000216. The van der Waals surface area contributed by atoms with E-state index in [4.69, 9.17) is 16.6 Å². The van der Waals surface area contributed by atoms with E-state index >= 15 is 0 Å². The van der Waals surface area contributed by atoms with Crippen LogP contribution < -0.4 is 0 Å². The molecule has 5 heterocycles. The SMILES string of the molecule is Clc1ccc(C2=Cc3cc4ccc(cc5nc(cc6ccc(cc2n3)[nH]6)C=C5)[nH]4)cc1.[V]. The van der Waals surface area contributed by atoms with E-state index < -0.39 is 0 Å². The number of fused-ring (bicyclic) bond motifs is 8. The predicted octanol–water partition coefficient (Wildman–Crippen LogP) is 6.73.